The van der Waals surface area contributed by atoms with Crippen LogP contribution in [0.25, 0.3) is 0 Å². The zero-order valence-electron chi connectivity index (χ0n) is 14.9. The third-order valence-corrected chi connectivity index (χ3v) is 5.66. The third-order valence-electron chi connectivity index (χ3n) is 5.66. The number of aliphatic hydroxyl groups excluding tert-OH is 1. The van der Waals surface area contributed by atoms with Gasteiger partial charge in [-0.1, -0.05) is 18.2 Å². The first-order chi connectivity index (χ1) is 12.7. The van der Waals surface area contributed by atoms with Gasteiger partial charge in [0.1, 0.15) is 23.8 Å². The van der Waals surface area contributed by atoms with E-state index in [4.69, 9.17) is 0 Å². The second kappa shape index (κ2) is 7.19. The maximum Gasteiger partial charge on any atom is 0.134 e. The number of aromatic nitrogens is 2. The summed E-state index contributed by atoms with van der Waals surface area (Å²) < 4.78 is 14.1. The number of benzene rings is 1. The van der Waals surface area contributed by atoms with Gasteiger partial charge in [0.15, 0.2) is 0 Å². The van der Waals surface area contributed by atoms with Crippen molar-refractivity contribution in [3.05, 3.63) is 48.0 Å². The molecule has 2 fully saturated rings. The first-order valence-electron chi connectivity index (χ1n) is 9.37. The summed E-state index contributed by atoms with van der Waals surface area (Å²) in [5.41, 5.74) is 0.674. The molecule has 0 bridgehead atoms. The standard InChI is InChI=1S/C20H25FN4O/c21-17-6-2-1-5-16(17)20(7-8-20)13-22-18-10-19(24-14-23-18)25-9-3-4-15(11-25)12-26/h1-2,5-6,10,14-15,26H,3-4,7-9,11-13H2,(H,22,23,24). The van der Waals surface area contributed by atoms with Crippen molar-refractivity contribution in [2.24, 2.45) is 5.92 Å². The molecule has 138 valence electrons. The first kappa shape index (κ1) is 17.2. The van der Waals surface area contributed by atoms with Crippen LogP contribution < -0.4 is 10.2 Å². The maximum absolute atomic E-state index is 14.1. The topological polar surface area (TPSA) is 61.3 Å². The van der Waals surface area contributed by atoms with Crippen LogP contribution in [0.4, 0.5) is 16.0 Å². The van der Waals surface area contributed by atoms with Crippen molar-refractivity contribution in [1.82, 2.24) is 9.97 Å². The van der Waals surface area contributed by atoms with Crippen LogP contribution >= 0.6 is 0 Å². The molecule has 2 N–H and O–H groups in total. The fourth-order valence-corrected chi connectivity index (χ4v) is 3.88. The summed E-state index contributed by atoms with van der Waals surface area (Å²) in [6.07, 6.45) is 5.68. The lowest BCUT2D eigenvalue weighted by Crippen LogP contribution is -2.37. The van der Waals surface area contributed by atoms with Gasteiger partial charge in [0.2, 0.25) is 0 Å². The molecule has 0 radical (unpaired) electrons. The molecule has 1 unspecified atom stereocenters. The Morgan fingerprint density at radius 2 is 2.12 bits per heavy atom. The zero-order valence-corrected chi connectivity index (χ0v) is 14.9. The normalized spacial score (nSPS) is 21.5. The van der Waals surface area contributed by atoms with Crippen molar-refractivity contribution in [2.75, 3.05) is 36.5 Å². The van der Waals surface area contributed by atoms with Gasteiger partial charge in [-0.25, -0.2) is 14.4 Å². The summed E-state index contributed by atoms with van der Waals surface area (Å²) in [6, 6.07) is 9.01. The second-order valence-corrected chi connectivity index (χ2v) is 7.51. The SMILES string of the molecule is OCC1CCCN(c2cc(NCC3(c4ccccc4F)CC3)ncn2)C1. The lowest BCUT2D eigenvalue weighted by molar-refractivity contribution is 0.208. The van der Waals surface area contributed by atoms with E-state index in [0.29, 0.717) is 12.5 Å². The molecule has 1 aromatic carbocycles. The molecular formula is C20H25FN4O. The van der Waals surface area contributed by atoms with Crippen molar-refractivity contribution in [3.63, 3.8) is 0 Å². The third kappa shape index (κ3) is 3.51. The van der Waals surface area contributed by atoms with Gasteiger partial charge in [-0.15, -0.1) is 0 Å². The summed E-state index contributed by atoms with van der Waals surface area (Å²) in [4.78, 5) is 10.9. The number of rotatable bonds is 6. The Morgan fingerprint density at radius 1 is 1.27 bits per heavy atom. The quantitative estimate of drug-likeness (QED) is 0.833. The highest BCUT2D eigenvalue weighted by Gasteiger charge is 2.45. The predicted octanol–water partition coefficient (Wildman–Crippen LogP) is 2.97. The minimum absolute atomic E-state index is 0.121. The van der Waals surface area contributed by atoms with E-state index in [1.54, 1.807) is 12.4 Å². The molecule has 1 aromatic heterocycles. The van der Waals surface area contributed by atoms with Crippen molar-refractivity contribution in [2.45, 2.75) is 31.1 Å². The van der Waals surface area contributed by atoms with Crippen LogP contribution in [0.15, 0.2) is 36.7 Å². The molecule has 0 spiro atoms. The Labute approximate surface area is 153 Å². The van der Waals surface area contributed by atoms with E-state index in [9.17, 15) is 9.50 Å². The average Bonchev–Trinajstić information content (AvgIpc) is 3.48. The number of hydrogen-bond donors (Lipinski definition) is 2. The molecule has 1 saturated heterocycles. The fourth-order valence-electron chi connectivity index (χ4n) is 3.88. The van der Waals surface area contributed by atoms with Crippen LogP contribution in [0.1, 0.15) is 31.2 Å². The van der Waals surface area contributed by atoms with Crippen LogP contribution in [-0.2, 0) is 5.41 Å². The number of nitrogens with one attached hydrogen (secondary N) is 1. The molecule has 26 heavy (non-hydrogen) atoms. The van der Waals surface area contributed by atoms with Crippen LogP contribution in [-0.4, -0.2) is 41.3 Å². The van der Waals surface area contributed by atoms with Gasteiger partial charge in [-0.2, -0.15) is 0 Å². The highest BCUT2D eigenvalue weighted by Crippen LogP contribution is 2.49. The number of hydrogen-bond acceptors (Lipinski definition) is 5. The monoisotopic (exact) mass is 356 g/mol. The second-order valence-electron chi connectivity index (χ2n) is 7.51. The number of aliphatic hydroxyl groups is 1. The molecular weight excluding hydrogens is 331 g/mol. The molecule has 1 aliphatic heterocycles. The summed E-state index contributed by atoms with van der Waals surface area (Å²) in [5.74, 6) is 1.84. The van der Waals surface area contributed by atoms with E-state index in [2.05, 4.69) is 20.2 Å². The van der Waals surface area contributed by atoms with Crippen molar-refractivity contribution in [3.8, 4) is 0 Å². The number of nitrogens with zero attached hydrogens (tertiary/aromatic N) is 3. The smallest absolute Gasteiger partial charge is 0.134 e. The van der Waals surface area contributed by atoms with Gasteiger partial charge in [-0.3, -0.25) is 0 Å². The first-order valence-corrected chi connectivity index (χ1v) is 9.37. The molecule has 4 rings (SSSR count). The molecule has 1 aliphatic carbocycles. The van der Waals surface area contributed by atoms with Gasteiger partial charge in [0.05, 0.1) is 0 Å². The molecule has 0 amide bonds. The molecule has 2 aliphatic rings. The van der Waals surface area contributed by atoms with E-state index in [1.165, 1.54) is 6.07 Å². The largest absolute Gasteiger partial charge is 0.396 e. The Balaban J connectivity index is 1.44. The minimum Gasteiger partial charge on any atom is -0.396 e. The van der Waals surface area contributed by atoms with Crippen LogP contribution in [0.2, 0.25) is 0 Å². The number of halogens is 1. The van der Waals surface area contributed by atoms with Crippen molar-refractivity contribution < 1.29 is 9.50 Å². The Hall–Kier alpha value is -2.21. The zero-order chi connectivity index (χ0) is 18.0. The van der Waals surface area contributed by atoms with Crippen LogP contribution in [0.5, 0.6) is 0 Å². The maximum atomic E-state index is 14.1. The van der Waals surface area contributed by atoms with Gasteiger partial charge in [0, 0.05) is 37.7 Å². The molecule has 5 nitrogen and oxygen atoms in total. The van der Waals surface area contributed by atoms with Crippen molar-refractivity contribution >= 4 is 11.6 Å². The Bertz CT molecular complexity index is 765. The minimum atomic E-state index is -0.126. The lowest BCUT2D eigenvalue weighted by atomic mass is 9.95. The molecule has 1 atom stereocenters. The van der Waals surface area contributed by atoms with Gasteiger partial charge in [-0.05, 0) is 43.2 Å². The van der Waals surface area contributed by atoms with Gasteiger partial charge < -0.3 is 15.3 Å². The highest BCUT2D eigenvalue weighted by atomic mass is 19.1. The Kier molecular flexibility index (Phi) is 4.76. The van der Waals surface area contributed by atoms with Gasteiger partial charge >= 0.3 is 0 Å². The molecule has 1 saturated carbocycles. The van der Waals surface area contributed by atoms with E-state index >= 15 is 0 Å². The molecule has 6 heteroatoms. The molecule has 2 aromatic rings. The summed E-state index contributed by atoms with van der Waals surface area (Å²) >= 11 is 0. The lowest BCUT2D eigenvalue weighted by Gasteiger charge is -2.32. The highest BCUT2D eigenvalue weighted by molar-refractivity contribution is 5.49. The van der Waals surface area contributed by atoms with E-state index < -0.39 is 0 Å². The van der Waals surface area contributed by atoms with Gasteiger partial charge in [0.25, 0.3) is 0 Å². The number of anilines is 2. The molecule has 2 heterocycles. The summed E-state index contributed by atoms with van der Waals surface area (Å²) in [5, 5.41) is 12.8. The fraction of sp³-hybridized carbons (Fsp3) is 0.500. The van der Waals surface area contributed by atoms with Crippen LogP contribution in [0.3, 0.4) is 0 Å². The predicted molar refractivity (Wildman–Crippen MR) is 99.9 cm³/mol. The van der Waals surface area contributed by atoms with E-state index in [-0.39, 0.29) is 17.8 Å². The van der Waals surface area contributed by atoms with E-state index in [1.807, 2.05) is 18.2 Å². The summed E-state index contributed by atoms with van der Waals surface area (Å²) in [6.45, 7) is 2.67. The van der Waals surface area contributed by atoms with E-state index in [0.717, 1.165) is 56.0 Å². The summed E-state index contributed by atoms with van der Waals surface area (Å²) in [7, 11) is 0. The van der Waals surface area contributed by atoms with Crippen LogP contribution in [0, 0.1) is 11.7 Å². The average molecular weight is 356 g/mol. The number of piperidine rings is 1. The van der Waals surface area contributed by atoms with Crippen molar-refractivity contribution in [1.29, 1.82) is 0 Å². The Morgan fingerprint density at radius 3 is 2.88 bits per heavy atom.